The van der Waals surface area contributed by atoms with Crippen molar-refractivity contribution < 1.29 is 14.3 Å². The summed E-state index contributed by atoms with van der Waals surface area (Å²) in [5.74, 6) is -0.434. The van der Waals surface area contributed by atoms with Crippen LogP contribution in [0.15, 0.2) is 11.8 Å². The second-order valence-corrected chi connectivity index (χ2v) is 6.17. The molecule has 2 aliphatic heterocycles. The largest absolute Gasteiger partial charge is 0.449 e. The van der Waals surface area contributed by atoms with Crippen LogP contribution >= 0.6 is 0 Å². The highest BCUT2D eigenvalue weighted by Gasteiger charge is 2.46. The van der Waals surface area contributed by atoms with E-state index in [0.29, 0.717) is 0 Å². The van der Waals surface area contributed by atoms with Crippen molar-refractivity contribution in [3.8, 4) is 0 Å². The van der Waals surface area contributed by atoms with E-state index in [4.69, 9.17) is 10.5 Å². The van der Waals surface area contributed by atoms with Crippen molar-refractivity contribution in [1.29, 1.82) is 0 Å². The van der Waals surface area contributed by atoms with Gasteiger partial charge in [-0.15, -0.1) is 0 Å². The Bertz CT molecular complexity index is 444. The van der Waals surface area contributed by atoms with Crippen LogP contribution in [-0.4, -0.2) is 35.5 Å². The van der Waals surface area contributed by atoms with Gasteiger partial charge >= 0.3 is 5.97 Å². The molecule has 0 aromatic carbocycles. The quantitative estimate of drug-likeness (QED) is 0.773. The molecule has 1 aliphatic carbocycles. The van der Waals surface area contributed by atoms with Crippen molar-refractivity contribution in [2.45, 2.75) is 50.5 Å². The molecule has 2 fully saturated rings. The molecule has 0 aromatic rings. The molecule has 0 aromatic heterocycles. The number of likely N-dealkylation sites (tertiary alicyclic amines) is 1. The first-order chi connectivity index (χ1) is 9.61. The summed E-state index contributed by atoms with van der Waals surface area (Å²) in [6, 6.07) is 0. The number of carbonyl (C=O) groups excluding carboxylic acids is 2. The standard InChI is InChI=1S/C15H22N2O3/c16-14(19)11-4-8-17(9-5-11)12-10-13(18)20-15(12)6-2-1-3-7-15/h10-11H,1-9H2,(H2,16,19). The maximum absolute atomic E-state index is 11.7. The van der Waals surface area contributed by atoms with Crippen LogP contribution in [0, 0.1) is 5.92 Å². The summed E-state index contributed by atoms with van der Waals surface area (Å²) in [4.78, 5) is 25.2. The van der Waals surface area contributed by atoms with Gasteiger partial charge in [-0.05, 0) is 38.5 Å². The number of nitrogens with zero attached hydrogens (tertiary/aromatic N) is 1. The van der Waals surface area contributed by atoms with Crippen LogP contribution in [0.2, 0.25) is 0 Å². The molecule has 2 heterocycles. The van der Waals surface area contributed by atoms with Gasteiger partial charge in [0.05, 0.1) is 5.70 Å². The first-order valence-corrected chi connectivity index (χ1v) is 7.60. The van der Waals surface area contributed by atoms with Crippen LogP contribution in [0.4, 0.5) is 0 Å². The normalized spacial score (nSPS) is 26.5. The topological polar surface area (TPSA) is 72.6 Å². The lowest BCUT2D eigenvalue weighted by Crippen LogP contribution is -2.45. The summed E-state index contributed by atoms with van der Waals surface area (Å²) in [6.07, 6.45) is 8.52. The number of nitrogens with two attached hydrogens (primary N) is 1. The molecule has 0 atom stereocenters. The fourth-order valence-electron chi connectivity index (χ4n) is 3.78. The minimum Gasteiger partial charge on any atom is -0.449 e. The van der Waals surface area contributed by atoms with Gasteiger partial charge in [0.2, 0.25) is 5.91 Å². The number of hydrogen-bond donors (Lipinski definition) is 1. The maximum atomic E-state index is 11.7. The Balaban J connectivity index is 1.73. The fourth-order valence-corrected chi connectivity index (χ4v) is 3.78. The smallest absolute Gasteiger partial charge is 0.333 e. The van der Waals surface area contributed by atoms with Gasteiger partial charge < -0.3 is 15.4 Å². The first kappa shape index (κ1) is 13.5. The monoisotopic (exact) mass is 278 g/mol. The SMILES string of the molecule is NC(=O)C1CCN(C2=CC(=O)OC23CCCCC3)CC1. The Morgan fingerprint density at radius 3 is 2.50 bits per heavy atom. The summed E-state index contributed by atoms with van der Waals surface area (Å²) in [5.41, 5.74) is 6.04. The average molecular weight is 278 g/mol. The lowest BCUT2D eigenvalue weighted by molar-refractivity contribution is -0.149. The van der Waals surface area contributed by atoms with E-state index in [9.17, 15) is 9.59 Å². The number of primary amides is 1. The number of amides is 1. The summed E-state index contributed by atoms with van der Waals surface area (Å²) in [6.45, 7) is 1.58. The number of ether oxygens (including phenoxy) is 1. The highest BCUT2D eigenvalue weighted by molar-refractivity contribution is 5.86. The van der Waals surface area contributed by atoms with E-state index in [1.807, 2.05) is 0 Å². The van der Waals surface area contributed by atoms with E-state index in [-0.39, 0.29) is 23.4 Å². The summed E-state index contributed by atoms with van der Waals surface area (Å²) in [7, 11) is 0. The van der Waals surface area contributed by atoms with Gasteiger partial charge in [0.15, 0.2) is 5.60 Å². The Morgan fingerprint density at radius 1 is 1.25 bits per heavy atom. The van der Waals surface area contributed by atoms with Crippen LogP contribution in [0.1, 0.15) is 44.9 Å². The third-order valence-corrected chi connectivity index (χ3v) is 4.92. The second-order valence-electron chi connectivity index (χ2n) is 6.17. The van der Waals surface area contributed by atoms with Gasteiger partial charge in [-0.2, -0.15) is 0 Å². The molecule has 20 heavy (non-hydrogen) atoms. The van der Waals surface area contributed by atoms with Crippen molar-refractivity contribution in [2.75, 3.05) is 13.1 Å². The Morgan fingerprint density at radius 2 is 1.90 bits per heavy atom. The predicted octanol–water partition coefficient (Wildman–Crippen LogP) is 1.33. The molecule has 0 bridgehead atoms. The maximum Gasteiger partial charge on any atom is 0.333 e. The van der Waals surface area contributed by atoms with Crippen LogP contribution < -0.4 is 5.73 Å². The fraction of sp³-hybridized carbons (Fsp3) is 0.733. The molecular formula is C15H22N2O3. The van der Waals surface area contributed by atoms with Crippen LogP contribution in [0.3, 0.4) is 0 Å². The van der Waals surface area contributed by atoms with E-state index < -0.39 is 0 Å². The molecule has 0 unspecified atom stereocenters. The highest BCUT2D eigenvalue weighted by atomic mass is 16.6. The number of hydrogen-bond acceptors (Lipinski definition) is 4. The lowest BCUT2D eigenvalue weighted by atomic mass is 9.81. The molecule has 5 heteroatoms. The molecule has 1 spiro atoms. The molecule has 110 valence electrons. The van der Waals surface area contributed by atoms with Gasteiger partial charge in [0.25, 0.3) is 0 Å². The van der Waals surface area contributed by atoms with E-state index in [0.717, 1.165) is 57.3 Å². The second kappa shape index (κ2) is 5.11. The molecule has 5 nitrogen and oxygen atoms in total. The minimum atomic E-state index is -0.380. The van der Waals surface area contributed by atoms with Gasteiger partial charge in [0.1, 0.15) is 0 Å². The summed E-state index contributed by atoms with van der Waals surface area (Å²) < 4.78 is 5.67. The molecule has 3 rings (SSSR count). The third kappa shape index (κ3) is 2.30. The van der Waals surface area contributed by atoms with E-state index in [1.54, 1.807) is 6.08 Å². The van der Waals surface area contributed by atoms with Gasteiger partial charge in [-0.1, -0.05) is 6.42 Å². The number of esters is 1. The van der Waals surface area contributed by atoms with Crippen LogP contribution in [0.25, 0.3) is 0 Å². The minimum absolute atomic E-state index is 0.0211. The average Bonchev–Trinajstić information content (AvgIpc) is 2.76. The zero-order valence-electron chi connectivity index (χ0n) is 11.8. The summed E-state index contributed by atoms with van der Waals surface area (Å²) in [5, 5.41) is 0. The zero-order valence-corrected chi connectivity index (χ0v) is 11.8. The molecule has 1 saturated carbocycles. The lowest BCUT2D eigenvalue weighted by Gasteiger charge is -2.42. The predicted molar refractivity (Wildman–Crippen MR) is 73.5 cm³/mol. The van der Waals surface area contributed by atoms with Gasteiger partial charge in [0, 0.05) is 25.1 Å². The first-order valence-electron chi connectivity index (χ1n) is 7.60. The van der Waals surface area contributed by atoms with Crippen LogP contribution in [-0.2, 0) is 14.3 Å². The molecule has 0 radical (unpaired) electrons. The molecule has 3 aliphatic rings. The van der Waals surface area contributed by atoms with E-state index in [2.05, 4.69) is 4.90 Å². The van der Waals surface area contributed by atoms with E-state index >= 15 is 0 Å². The Labute approximate surface area is 119 Å². The molecule has 1 amide bonds. The number of rotatable bonds is 2. The van der Waals surface area contributed by atoms with Gasteiger partial charge in [-0.3, -0.25) is 4.79 Å². The van der Waals surface area contributed by atoms with Crippen molar-refractivity contribution in [2.24, 2.45) is 11.7 Å². The third-order valence-electron chi connectivity index (χ3n) is 4.92. The summed E-state index contributed by atoms with van der Waals surface area (Å²) >= 11 is 0. The molecule has 2 N–H and O–H groups in total. The number of piperidine rings is 1. The van der Waals surface area contributed by atoms with Crippen LogP contribution in [0.5, 0.6) is 0 Å². The Hall–Kier alpha value is -1.52. The van der Waals surface area contributed by atoms with Crippen molar-refractivity contribution in [1.82, 2.24) is 4.90 Å². The van der Waals surface area contributed by atoms with Crippen molar-refractivity contribution >= 4 is 11.9 Å². The van der Waals surface area contributed by atoms with E-state index in [1.165, 1.54) is 6.42 Å². The molecular weight excluding hydrogens is 256 g/mol. The van der Waals surface area contributed by atoms with Crippen molar-refractivity contribution in [3.05, 3.63) is 11.8 Å². The van der Waals surface area contributed by atoms with Crippen molar-refractivity contribution in [3.63, 3.8) is 0 Å². The molecule has 1 saturated heterocycles. The Kier molecular flexibility index (Phi) is 3.44. The number of carbonyl (C=O) groups is 2. The van der Waals surface area contributed by atoms with Gasteiger partial charge in [-0.25, -0.2) is 4.79 Å². The zero-order chi connectivity index (χ0) is 14.2. The highest BCUT2D eigenvalue weighted by Crippen LogP contribution is 2.43.